The lowest BCUT2D eigenvalue weighted by molar-refractivity contribution is -0.146. The minimum atomic E-state index is -1.19. The van der Waals surface area contributed by atoms with Crippen LogP contribution in [0.15, 0.2) is 16.5 Å². The van der Waals surface area contributed by atoms with Gasteiger partial charge in [0.25, 0.3) is 5.91 Å². The molecule has 0 atom stereocenters. The predicted molar refractivity (Wildman–Crippen MR) is 69.2 cm³/mol. The van der Waals surface area contributed by atoms with Gasteiger partial charge < -0.3 is 14.8 Å². The van der Waals surface area contributed by atoms with Crippen molar-refractivity contribution in [3.8, 4) is 0 Å². The van der Waals surface area contributed by atoms with Crippen LogP contribution in [-0.2, 0) is 4.79 Å². The summed E-state index contributed by atoms with van der Waals surface area (Å²) in [4.78, 5) is 23.5. The van der Waals surface area contributed by atoms with E-state index in [4.69, 9.17) is 16.0 Å². The largest absolute Gasteiger partial charge is 0.480 e. The number of carboxylic acids is 1. The van der Waals surface area contributed by atoms with Gasteiger partial charge in [-0.3, -0.25) is 4.79 Å². The van der Waals surface area contributed by atoms with E-state index in [0.717, 1.165) is 12.8 Å². The summed E-state index contributed by atoms with van der Waals surface area (Å²) in [6, 6.07) is 2.88. The van der Waals surface area contributed by atoms with E-state index in [-0.39, 0.29) is 11.0 Å². The topological polar surface area (TPSA) is 79.5 Å². The molecule has 0 spiro atoms. The van der Waals surface area contributed by atoms with E-state index in [1.165, 1.54) is 12.1 Å². The minimum absolute atomic E-state index is 0.0317. The first-order chi connectivity index (χ1) is 8.93. The van der Waals surface area contributed by atoms with Crippen molar-refractivity contribution in [3.05, 3.63) is 23.1 Å². The molecule has 1 saturated carbocycles. The Kier molecular flexibility index (Phi) is 3.85. The molecule has 0 aromatic carbocycles. The van der Waals surface area contributed by atoms with Gasteiger partial charge >= 0.3 is 5.97 Å². The normalized spacial score (nSPS) is 26.9. The van der Waals surface area contributed by atoms with Crippen LogP contribution in [0.5, 0.6) is 0 Å². The zero-order valence-electron chi connectivity index (χ0n) is 10.6. The van der Waals surface area contributed by atoms with Crippen LogP contribution in [0.1, 0.15) is 43.2 Å². The first kappa shape index (κ1) is 13.9. The molecule has 6 heteroatoms. The SMILES string of the molecule is CC1CCC(NC(=O)c2ccc(Cl)o2)(C(=O)O)CC1. The highest BCUT2D eigenvalue weighted by atomic mass is 35.5. The van der Waals surface area contributed by atoms with Crippen molar-refractivity contribution in [2.45, 2.75) is 38.1 Å². The molecule has 5 nitrogen and oxygen atoms in total. The van der Waals surface area contributed by atoms with Gasteiger partial charge in [0.15, 0.2) is 11.0 Å². The summed E-state index contributed by atoms with van der Waals surface area (Å²) in [5.41, 5.74) is -1.19. The first-order valence-electron chi connectivity index (χ1n) is 6.24. The summed E-state index contributed by atoms with van der Waals surface area (Å²) in [5, 5.41) is 12.1. The fraction of sp³-hybridized carbons (Fsp3) is 0.538. The minimum Gasteiger partial charge on any atom is -0.480 e. The van der Waals surface area contributed by atoms with E-state index >= 15 is 0 Å². The fourth-order valence-corrected chi connectivity index (χ4v) is 2.51. The average Bonchev–Trinajstić information content (AvgIpc) is 2.79. The highest BCUT2D eigenvalue weighted by Crippen LogP contribution is 2.32. The Labute approximate surface area is 115 Å². The number of furan rings is 1. The van der Waals surface area contributed by atoms with Crippen molar-refractivity contribution in [1.29, 1.82) is 0 Å². The van der Waals surface area contributed by atoms with Crippen molar-refractivity contribution in [1.82, 2.24) is 5.32 Å². The maximum absolute atomic E-state index is 12.0. The third kappa shape index (κ3) is 2.92. The molecule has 2 rings (SSSR count). The molecule has 104 valence electrons. The Hall–Kier alpha value is -1.49. The third-order valence-corrected chi connectivity index (χ3v) is 3.89. The summed E-state index contributed by atoms with van der Waals surface area (Å²) >= 11 is 5.60. The molecule has 1 aliphatic carbocycles. The second kappa shape index (κ2) is 5.25. The number of amides is 1. The number of hydrogen-bond donors (Lipinski definition) is 2. The van der Waals surface area contributed by atoms with Gasteiger partial charge in [-0.2, -0.15) is 0 Å². The highest BCUT2D eigenvalue weighted by molar-refractivity contribution is 6.29. The number of carbonyl (C=O) groups excluding carboxylic acids is 1. The predicted octanol–water partition coefficient (Wildman–Crippen LogP) is 2.70. The Morgan fingerprint density at radius 3 is 2.53 bits per heavy atom. The lowest BCUT2D eigenvalue weighted by atomic mass is 9.77. The summed E-state index contributed by atoms with van der Waals surface area (Å²) in [5.74, 6) is -1.01. The number of halogens is 1. The van der Waals surface area contributed by atoms with E-state index in [0.29, 0.717) is 18.8 Å². The maximum Gasteiger partial charge on any atom is 0.329 e. The smallest absolute Gasteiger partial charge is 0.329 e. The number of rotatable bonds is 3. The van der Waals surface area contributed by atoms with Crippen molar-refractivity contribution < 1.29 is 19.1 Å². The van der Waals surface area contributed by atoms with Crippen LogP contribution in [0.3, 0.4) is 0 Å². The van der Waals surface area contributed by atoms with Gasteiger partial charge in [-0.15, -0.1) is 0 Å². The van der Waals surface area contributed by atoms with Gasteiger partial charge in [-0.05, 0) is 55.3 Å². The molecule has 0 saturated heterocycles. The van der Waals surface area contributed by atoms with E-state index in [2.05, 4.69) is 12.2 Å². The van der Waals surface area contributed by atoms with E-state index in [1.807, 2.05) is 0 Å². The Morgan fingerprint density at radius 2 is 2.05 bits per heavy atom. The van der Waals surface area contributed by atoms with Gasteiger partial charge in [0.05, 0.1) is 0 Å². The third-order valence-electron chi connectivity index (χ3n) is 3.69. The molecule has 2 N–H and O–H groups in total. The molecule has 0 unspecified atom stereocenters. The standard InChI is InChI=1S/C13H16ClNO4/c1-8-4-6-13(7-5-8,12(17)18)15-11(16)9-2-3-10(14)19-9/h2-3,8H,4-7H2,1H3,(H,15,16)(H,17,18). The molecule has 0 bridgehead atoms. The average molecular weight is 286 g/mol. The Morgan fingerprint density at radius 1 is 1.42 bits per heavy atom. The Bertz CT molecular complexity index is 489. The van der Waals surface area contributed by atoms with Crippen LogP contribution in [-0.4, -0.2) is 22.5 Å². The molecule has 0 radical (unpaired) electrons. The summed E-state index contributed by atoms with van der Waals surface area (Å²) in [6.45, 7) is 2.08. The first-order valence-corrected chi connectivity index (χ1v) is 6.62. The van der Waals surface area contributed by atoms with Gasteiger partial charge in [0.1, 0.15) is 5.54 Å². The molecule has 1 aromatic heterocycles. The Balaban J connectivity index is 2.13. The van der Waals surface area contributed by atoms with Crippen molar-refractivity contribution in [3.63, 3.8) is 0 Å². The molecular formula is C13H16ClNO4. The second-order valence-corrected chi connectivity index (χ2v) is 5.50. The lowest BCUT2D eigenvalue weighted by Gasteiger charge is -2.36. The van der Waals surface area contributed by atoms with E-state index in [1.54, 1.807) is 0 Å². The monoisotopic (exact) mass is 285 g/mol. The molecule has 19 heavy (non-hydrogen) atoms. The van der Waals surface area contributed by atoms with Crippen LogP contribution in [0.2, 0.25) is 5.22 Å². The summed E-state index contributed by atoms with van der Waals surface area (Å²) < 4.78 is 4.99. The number of aliphatic carboxylic acids is 1. The second-order valence-electron chi connectivity index (χ2n) is 5.13. The van der Waals surface area contributed by atoms with Crippen LogP contribution in [0.25, 0.3) is 0 Å². The zero-order valence-corrected chi connectivity index (χ0v) is 11.4. The maximum atomic E-state index is 12.0. The molecule has 1 aliphatic rings. The van der Waals surface area contributed by atoms with Crippen molar-refractivity contribution >= 4 is 23.5 Å². The van der Waals surface area contributed by atoms with Crippen molar-refractivity contribution in [2.75, 3.05) is 0 Å². The molecular weight excluding hydrogens is 270 g/mol. The zero-order chi connectivity index (χ0) is 14.0. The molecule has 1 heterocycles. The van der Waals surface area contributed by atoms with Gasteiger partial charge in [0, 0.05) is 0 Å². The quantitative estimate of drug-likeness (QED) is 0.895. The number of carbonyl (C=O) groups is 2. The van der Waals surface area contributed by atoms with Gasteiger partial charge in [-0.1, -0.05) is 6.92 Å². The van der Waals surface area contributed by atoms with Crippen LogP contribution in [0, 0.1) is 5.92 Å². The summed E-state index contributed by atoms with van der Waals surface area (Å²) in [7, 11) is 0. The molecule has 1 amide bonds. The van der Waals surface area contributed by atoms with Crippen LogP contribution >= 0.6 is 11.6 Å². The summed E-state index contributed by atoms with van der Waals surface area (Å²) in [6.07, 6.45) is 2.43. The van der Waals surface area contributed by atoms with Crippen molar-refractivity contribution in [2.24, 2.45) is 5.92 Å². The van der Waals surface area contributed by atoms with Crippen LogP contribution < -0.4 is 5.32 Å². The number of hydrogen-bond acceptors (Lipinski definition) is 3. The van der Waals surface area contributed by atoms with Gasteiger partial charge in [-0.25, -0.2) is 4.79 Å². The molecule has 0 aliphatic heterocycles. The van der Waals surface area contributed by atoms with E-state index < -0.39 is 17.4 Å². The number of nitrogens with one attached hydrogen (secondary N) is 1. The highest BCUT2D eigenvalue weighted by Gasteiger charge is 2.43. The number of carboxylic acid groups (broad SMARTS) is 1. The lowest BCUT2D eigenvalue weighted by Crippen LogP contribution is -2.56. The molecule has 1 fully saturated rings. The van der Waals surface area contributed by atoms with Crippen LogP contribution in [0.4, 0.5) is 0 Å². The van der Waals surface area contributed by atoms with Gasteiger partial charge in [0.2, 0.25) is 0 Å². The fourth-order valence-electron chi connectivity index (χ4n) is 2.36. The van der Waals surface area contributed by atoms with E-state index in [9.17, 15) is 14.7 Å². The molecule has 1 aromatic rings.